The fourth-order valence-electron chi connectivity index (χ4n) is 2.31. The third kappa shape index (κ3) is 4.23. The Balaban J connectivity index is 2.09. The van der Waals surface area contributed by atoms with E-state index in [-0.39, 0.29) is 18.3 Å². The Labute approximate surface area is 140 Å². The highest BCUT2D eigenvalue weighted by molar-refractivity contribution is 5.97. The van der Waals surface area contributed by atoms with Gasteiger partial charge in [-0.05, 0) is 29.8 Å². The molecule has 0 aliphatic heterocycles. The van der Waals surface area contributed by atoms with Crippen LogP contribution in [0.3, 0.4) is 0 Å². The summed E-state index contributed by atoms with van der Waals surface area (Å²) in [6.07, 6.45) is -0.450. The first-order valence-electron chi connectivity index (χ1n) is 7.37. The molecular weight excluding hydrogens is 313 g/mol. The third-order valence-electron chi connectivity index (χ3n) is 3.61. The van der Waals surface area contributed by atoms with Crippen LogP contribution in [0.15, 0.2) is 42.5 Å². The molecular formula is C18H20FNO4. The zero-order chi connectivity index (χ0) is 17.5. The molecule has 1 unspecified atom stereocenters. The summed E-state index contributed by atoms with van der Waals surface area (Å²) in [5.41, 5.74) is 1.03. The van der Waals surface area contributed by atoms with Gasteiger partial charge in [0.1, 0.15) is 17.3 Å². The molecule has 0 aliphatic rings. The minimum atomic E-state index is -0.450. The summed E-state index contributed by atoms with van der Waals surface area (Å²) < 4.78 is 29.0. The summed E-state index contributed by atoms with van der Waals surface area (Å²) >= 11 is 0. The number of hydrogen-bond donors (Lipinski definition) is 1. The Morgan fingerprint density at radius 2 is 1.92 bits per heavy atom. The van der Waals surface area contributed by atoms with Gasteiger partial charge in [-0.2, -0.15) is 0 Å². The van der Waals surface area contributed by atoms with Crippen molar-refractivity contribution in [3.63, 3.8) is 0 Å². The van der Waals surface area contributed by atoms with E-state index in [1.54, 1.807) is 30.3 Å². The highest BCUT2D eigenvalue weighted by Crippen LogP contribution is 2.24. The Morgan fingerprint density at radius 1 is 1.12 bits per heavy atom. The van der Waals surface area contributed by atoms with E-state index in [1.807, 2.05) is 0 Å². The fourth-order valence-corrected chi connectivity index (χ4v) is 2.31. The van der Waals surface area contributed by atoms with Crippen LogP contribution in [0.2, 0.25) is 0 Å². The molecule has 6 heteroatoms. The van der Waals surface area contributed by atoms with Gasteiger partial charge in [0.25, 0.3) is 5.91 Å². The monoisotopic (exact) mass is 333 g/mol. The minimum Gasteiger partial charge on any atom is -0.497 e. The van der Waals surface area contributed by atoms with Gasteiger partial charge in [0.15, 0.2) is 0 Å². The van der Waals surface area contributed by atoms with Crippen LogP contribution < -0.4 is 14.8 Å². The van der Waals surface area contributed by atoms with E-state index >= 15 is 0 Å². The van der Waals surface area contributed by atoms with Crippen LogP contribution in [0, 0.1) is 5.82 Å². The summed E-state index contributed by atoms with van der Waals surface area (Å²) in [6, 6.07) is 11.0. The van der Waals surface area contributed by atoms with E-state index < -0.39 is 6.10 Å². The van der Waals surface area contributed by atoms with Gasteiger partial charge in [-0.3, -0.25) is 4.79 Å². The molecule has 0 aromatic heterocycles. The fraction of sp³-hybridized carbons (Fsp3) is 0.278. The first-order chi connectivity index (χ1) is 11.6. The number of nitrogens with one attached hydrogen (secondary N) is 1. The van der Waals surface area contributed by atoms with Crippen molar-refractivity contribution in [3.8, 4) is 11.5 Å². The zero-order valence-electron chi connectivity index (χ0n) is 13.8. The van der Waals surface area contributed by atoms with Crippen molar-refractivity contribution in [1.82, 2.24) is 5.32 Å². The topological polar surface area (TPSA) is 56.8 Å². The van der Waals surface area contributed by atoms with E-state index in [0.29, 0.717) is 22.6 Å². The first kappa shape index (κ1) is 17.7. The molecule has 0 bridgehead atoms. The quantitative estimate of drug-likeness (QED) is 0.846. The van der Waals surface area contributed by atoms with Gasteiger partial charge in [0.2, 0.25) is 0 Å². The van der Waals surface area contributed by atoms with Gasteiger partial charge in [-0.15, -0.1) is 0 Å². The van der Waals surface area contributed by atoms with Crippen molar-refractivity contribution < 1.29 is 23.4 Å². The van der Waals surface area contributed by atoms with Gasteiger partial charge >= 0.3 is 0 Å². The lowest BCUT2D eigenvalue weighted by Crippen LogP contribution is -2.29. The normalized spacial score (nSPS) is 11.7. The molecule has 1 N–H and O–H groups in total. The average molecular weight is 333 g/mol. The molecule has 2 aromatic carbocycles. The molecule has 24 heavy (non-hydrogen) atoms. The van der Waals surface area contributed by atoms with Gasteiger partial charge in [-0.1, -0.05) is 12.1 Å². The summed E-state index contributed by atoms with van der Waals surface area (Å²) in [4.78, 5) is 12.4. The van der Waals surface area contributed by atoms with Crippen LogP contribution >= 0.6 is 0 Å². The molecule has 1 amide bonds. The maximum atomic E-state index is 13.3. The lowest BCUT2D eigenvalue weighted by Gasteiger charge is -2.17. The van der Waals surface area contributed by atoms with Gasteiger partial charge < -0.3 is 19.5 Å². The summed E-state index contributed by atoms with van der Waals surface area (Å²) in [5, 5.41) is 2.77. The van der Waals surface area contributed by atoms with E-state index in [2.05, 4.69) is 5.32 Å². The number of hydrogen-bond acceptors (Lipinski definition) is 4. The molecule has 0 spiro atoms. The van der Waals surface area contributed by atoms with Crippen molar-refractivity contribution in [1.29, 1.82) is 0 Å². The van der Waals surface area contributed by atoms with E-state index in [9.17, 15) is 9.18 Å². The molecule has 0 saturated heterocycles. The second kappa shape index (κ2) is 8.31. The Hall–Kier alpha value is -2.60. The van der Waals surface area contributed by atoms with Crippen molar-refractivity contribution in [2.45, 2.75) is 6.10 Å². The van der Waals surface area contributed by atoms with Gasteiger partial charge in [-0.25, -0.2) is 4.39 Å². The predicted molar refractivity (Wildman–Crippen MR) is 88.0 cm³/mol. The highest BCUT2D eigenvalue weighted by Gasteiger charge is 2.16. The molecule has 0 heterocycles. The number of benzene rings is 2. The molecule has 0 radical (unpaired) electrons. The van der Waals surface area contributed by atoms with Crippen molar-refractivity contribution in [2.75, 3.05) is 27.9 Å². The smallest absolute Gasteiger partial charge is 0.255 e. The summed E-state index contributed by atoms with van der Waals surface area (Å²) in [7, 11) is 4.53. The van der Waals surface area contributed by atoms with Crippen LogP contribution in [0.5, 0.6) is 11.5 Å². The number of methoxy groups -OCH3 is 3. The Kier molecular flexibility index (Phi) is 6.14. The summed E-state index contributed by atoms with van der Waals surface area (Å²) in [6.45, 7) is 0.202. The maximum Gasteiger partial charge on any atom is 0.255 e. The predicted octanol–water partition coefficient (Wildman–Crippen LogP) is 2.96. The Bertz CT molecular complexity index is 705. The number of carbonyl (C=O) groups is 1. The summed E-state index contributed by atoms with van der Waals surface area (Å²) in [5.74, 6) is 0.343. The molecule has 2 aromatic rings. The minimum absolute atomic E-state index is 0.202. The number of halogens is 1. The van der Waals surface area contributed by atoms with Crippen molar-refractivity contribution in [3.05, 3.63) is 59.4 Å². The van der Waals surface area contributed by atoms with Crippen LogP contribution in [-0.4, -0.2) is 33.8 Å². The van der Waals surface area contributed by atoms with E-state index in [4.69, 9.17) is 14.2 Å². The lowest BCUT2D eigenvalue weighted by atomic mass is 10.1. The standard InChI is InChI=1S/C18H20FNO4/c1-22-14-7-8-15(16(10-14)23-2)18(21)20-11-17(24-3)12-5-4-6-13(19)9-12/h4-10,17H,11H2,1-3H3,(H,20,21). The second-order valence-electron chi connectivity index (χ2n) is 5.06. The molecule has 0 saturated carbocycles. The van der Waals surface area contributed by atoms with Crippen LogP contribution in [-0.2, 0) is 4.74 Å². The number of ether oxygens (including phenoxy) is 3. The molecule has 2 rings (SSSR count). The zero-order valence-corrected chi connectivity index (χ0v) is 13.8. The van der Waals surface area contributed by atoms with Crippen LogP contribution in [0.1, 0.15) is 22.0 Å². The average Bonchev–Trinajstić information content (AvgIpc) is 2.61. The van der Waals surface area contributed by atoms with E-state index in [0.717, 1.165) is 0 Å². The highest BCUT2D eigenvalue weighted by atomic mass is 19.1. The van der Waals surface area contributed by atoms with Crippen LogP contribution in [0.25, 0.3) is 0 Å². The van der Waals surface area contributed by atoms with Gasteiger partial charge in [0.05, 0.1) is 25.9 Å². The molecule has 128 valence electrons. The first-order valence-corrected chi connectivity index (χ1v) is 7.37. The number of rotatable bonds is 7. The van der Waals surface area contributed by atoms with Gasteiger partial charge in [0, 0.05) is 19.7 Å². The maximum absolute atomic E-state index is 13.3. The lowest BCUT2D eigenvalue weighted by molar-refractivity contribution is 0.0825. The molecule has 5 nitrogen and oxygen atoms in total. The molecule has 0 aliphatic carbocycles. The largest absolute Gasteiger partial charge is 0.497 e. The second-order valence-corrected chi connectivity index (χ2v) is 5.06. The number of amides is 1. The molecule has 1 atom stereocenters. The third-order valence-corrected chi connectivity index (χ3v) is 3.61. The van der Waals surface area contributed by atoms with Crippen molar-refractivity contribution in [2.24, 2.45) is 0 Å². The Morgan fingerprint density at radius 3 is 2.54 bits per heavy atom. The van der Waals surface area contributed by atoms with Crippen molar-refractivity contribution >= 4 is 5.91 Å². The number of carbonyl (C=O) groups excluding carboxylic acids is 1. The van der Waals surface area contributed by atoms with Crippen LogP contribution in [0.4, 0.5) is 4.39 Å². The van der Waals surface area contributed by atoms with E-state index in [1.165, 1.54) is 33.5 Å². The SMILES string of the molecule is COc1ccc(C(=O)NCC(OC)c2cccc(F)c2)c(OC)c1. The molecule has 0 fully saturated rings.